The molecule has 0 aliphatic heterocycles. The molecule has 0 radical (unpaired) electrons. The van der Waals surface area contributed by atoms with Gasteiger partial charge in [0.05, 0.1) is 11.9 Å². The van der Waals surface area contributed by atoms with E-state index in [1.54, 1.807) is 19.1 Å². The van der Waals surface area contributed by atoms with E-state index in [1.165, 1.54) is 6.07 Å². The van der Waals surface area contributed by atoms with Crippen LogP contribution in [0.1, 0.15) is 18.9 Å². The summed E-state index contributed by atoms with van der Waals surface area (Å²) in [5.41, 5.74) is 6.43. The molecule has 0 fully saturated rings. The highest BCUT2D eigenvalue weighted by atomic mass is 35.5. The van der Waals surface area contributed by atoms with E-state index in [9.17, 15) is 13.2 Å². The Kier molecular flexibility index (Phi) is 4.81. The summed E-state index contributed by atoms with van der Waals surface area (Å²) in [6.45, 7) is 3.51. The Balaban J connectivity index is 3.40. The van der Waals surface area contributed by atoms with Gasteiger partial charge >= 0.3 is 0 Å². The average molecular weight is 305 g/mol. The third kappa shape index (κ3) is 3.61. The van der Waals surface area contributed by atoms with E-state index in [2.05, 4.69) is 0 Å². The number of anilines is 1. The zero-order valence-electron chi connectivity index (χ0n) is 11.1. The molecule has 1 aromatic carbocycles. The summed E-state index contributed by atoms with van der Waals surface area (Å²) in [4.78, 5) is 11.4. The first kappa shape index (κ1) is 15.8. The second-order valence-electron chi connectivity index (χ2n) is 4.32. The van der Waals surface area contributed by atoms with Gasteiger partial charge in [0.25, 0.3) is 0 Å². The molecule has 0 heterocycles. The van der Waals surface area contributed by atoms with Crippen molar-refractivity contribution < 1.29 is 13.2 Å². The first-order valence-electron chi connectivity index (χ1n) is 5.73. The highest BCUT2D eigenvalue weighted by Crippen LogP contribution is 2.27. The van der Waals surface area contributed by atoms with Gasteiger partial charge in [0.15, 0.2) is 0 Å². The van der Waals surface area contributed by atoms with Crippen LogP contribution in [0.4, 0.5) is 5.69 Å². The van der Waals surface area contributed by atoms with Crippen molar-refractivity contribution in [3.05, 3.63) is 28.8 Å². The Labute approximate surface area is 118 Å². The third-order valence-electron chi connectivity index (χ3n) is 2.77. The number of primary amides is 1. The van der Waals surface area contributed by atoms with E-state index >= 15 is 0 Å². The Morgan fingerprint density at radius 2 is 2.05 bits per heavy atom. The molecule has 0 spiro atoms. The highest BCUT2D eigenvalue weighted by Gasteiger charge is 2.30. The molecule has 1 amide bonds. The number of nitrogens with two attached hydrogens (primary N) is 1. The van der Waals surface area contributed by atoms with Crippen LogP contribution < -0.4 is 10.0 Å². The van der Waals surface area contributed by atoms with Crippen molar-refractivity contribution in [1.82, 2.24) is 0 Å². The van der Waals surface area contributed by atoms with Gasteiger partial charge in [-0.25, -0.2) is 8.42 Å². The number of carbonyl (C=O) groups excluding carboxylic acids is 1. The Morgan fingerprint density at radius 1 is 1.47 bits per heavy atom. The summed E-state index contributed by atoms with van der Waals surface area (Å²) >= 11 is 6.00. The van der Waals surface area contributed by atoms with Crippen LogP contribution in [-0.2, 0) is 14.8 Å². The molecule has 7 heteroatoms. The molecule has 1 rings (SSSR count). The fraction of sp³-hybridized carbons (Fsp3) is 0.417. The van der Waals surface area contributed by atoms with Gasteiger partial charge in [-0.2, -0.15) is 0 Å². The van der Waals surface area contributed by atoms with Gasteiger partial charge in [-0.05, 0) is 31.0 Å². The zero-order chi connectivity index (χ0) is 14.8. The molecule has 0 aliphatic rings. The second-order valence-corrected chi connectivity index (χ2v) is 6.59. The van der Waals surface area contributed by atoms with Gasteiger partial charge in [0.2, 0.25) is 15.9 Å². The van der Waals surface area contributed by atoms with Crippen molar-refractivity contribution in [2.75, 3.05) is 10.6 Å². The maximum Gasteiger partial charge on any atom is 0.241 e. The number of halogens is 1. The number of hydrogen-bond donors (Lipinski definition) is 1. The summed E-state index contributed by atoms with van der Waals surface area (Å²) in [5.74, 6) is -0.690. The second kappa shape index (κ2) is 5.79. The topological polar surface area (TPSA) is 80.5 Å². The number of carbonyl (C=O) groups is 1. The highest BCUT2D eigenvalue weighted by molar-refractivity contribution is 7.92. The molecule has 1 aromatic rings. The maximum atomic E-state index is 11.9. The van der Waals surface area contributed by atoms with Gasteiger partial charge in [-0.3, -0.25) is 9.10 Å². The van der Waals surface area contributed by atoms with Gasteiger partial charge in [0, 0.05) is 5.02 Å². The minimum atomic E-state index is -3.63. The molecular weight excluding hydrogens is 288 g/mol. The van der Waals surface area contributed by atoms with Crippen molar-refractivity contribution >= 4 is 33.2 Å². The number of hydrogen-bond acceptors (Lipinski definition) is 3. The van der Waals surface area contributed by atoms with Crippen LogP contribution in [0.2, 0.25) is 5.02 Å². The number of rotatable bonds is 5. The molecule has 0 bridgehead atoms. The Bertz CT molecular complexity index is 587. The van der Waals surface area contributed by atoms with Crippen LogP contribution in [0.15, 0.2) is 18.2 Å². The Hall–Kier alpha value is -1.27. The monoisotopic (exact) mass is 304 g/mol. The SMILES string of the molecule is CC[C@@H](C(N)=O)N(c1ccc(C)c(Cl)c1)S(C)(=O)=O. The summed E-state index contributed by atoms with van der Waals surface area (Å²) < 4.78 is 24.8. The minimum absolute atomic E-state index is 0.286. The summed E-state index contributed by atoms with van der Waals surface area (Å²) in [5, 5.41) is 0.436. The van der Waals surface area contributed by atoms with Gasteiger partial charge < -0.3 is 5.73 Å². The summed E-state index contributed by atoms with van der Waals surface area (Å²) in [6.07, 6.45) is 1.32. The predicted molar refractivity (Wildman–Crippen MR) is 76.8 cm³/mol. The first-order chi connectivity index (χ1) is 8.68. The van der Waals surface area contributed by atoms with Crippen LogP contribution in [-0.4, -0.2) is 26.6 Å². The zero-order valence-corrected chi connectivity index (χ0v) is 12.6. The number of sulfonamides is 1. The number of benzene rings is 1. The molecule has 0 saturated heterocycles. The van der Waals surface area contributed by atoms with Gasteiger partial charge in [-0.1, -0.05) is 24.6 Å². The number of aryl methyl sites for hydroxylation is 1. The molecule has 1 atom stereocenters. The van der Waals surface area contributed by atoms with Crippen LogP contribution in [0.5, 0.6) is 0 Å². The smallest absolute Gasteiger partial charge is 0.241 e. The van der Waals surface area contributed by atoms with E-state index in [-0.39, 0.29) is 6.42 Å². The molecule has 19 heavy (non-hydrogen) atoms. The predicted octanol–water partition coefficient (Wildman–Crippen LogP) is 1.68. The molecule has 5 nitrogen and oxygen atoms in total. The van der Waals surface area contributed by atoms with E-state index in [0.29, 0.717) is 10.7 Å². The molecular formula is C12H17ClN2O3S. The van der Waals surface area contributed by atoms with Crippen molar-refractivity contribution in [3.8, 4) is 0 Å². The largest absolute Gasteiger partial charge is 0.368 e. The summed E-state index contributed by atoms with van der Waals surface area (Å²) in [6, 6.07) is 3.90. The normalized spacial score (nSPS) is 13.1. The van der Waals surface area contributed by atoms with E-state index in [4.69, 9.17) is 17.3 Å². The molecule has 0 aliphatic carbocycles. The summed E-state index contributed by atoms with van der Waals surface area (Å²) in [7, 11) is -3.63. The van der Waals surface area contributed by atoms with E-state index in [0.717, 1.165) is 16.1 Å². The van der Waals surface area contributed by atoms with Gasteiger partial charge in [0.1, 0.15) is 6.04 Å². The average Bonchev–Trinajstić information content (AvgIpc) is 2.27. The van der Waals surface area contributed by atoms with Crippen molar-refractivity contribution in [2.45, 2.75) is 26.3 Å². The molecule has 0 aromatic heterocycles. The number of amides is 1. The van der Waals surface area contributed by atoms with Crippen LogP contribution in [0.25, 0.3) is 0 Å². The molecule has 2 N–H and O–H groups in total. The Morgan fingerprint density at radius 3 is 2.42 bits per heavy atom. The first-order valence-corrected chi connectivity index (χ1v) is 7.96. The molecule has 0 saturated carbocycles. The van der Waals surface area contributed by atoms with Crippen molar-refractivity contribution in [1.29, 1.82) is 0 Å². The maximum absolute atomic E-state index is 11.9. The molecule has 0 unspecified atom stereocenters. The number of nitrogens with zero attached hydrogens (tertiary/aromatic N) is 1. The van der Waals surface area contributed by atoms with Crippen LogP contribution >= 0.6 is 11.6 Å². The standard InChI is InChI=1S/C12H17ClN2O3S/c1-4-11(12(14)16)15(19(3,17)18)9-6-5-8(2)10(13)7-9/h5-7,11H,4H2,1-3H3,(H2,14,16)/t11-/m0/s1. The molecule has 106 valence electrons. The fourth-order valence-electron chi connectivity index (χ4n) is 1.80. The van der Waals surface area contributed by atoms with Gasteiger partial charge in [-0.15, -0.1) is 0 Å². The van der Waals surface area contributed by atoms with Crippen molar-refractivity contribution in [2.24, 2.45) is 5.73 Å². The van der Waals surface area contributed by atoms with Crippen LogP contribution in [0, 0.1) is 6.92 Å². The lowest BCUT2D eigenvalue weighted by atomic mass is 10.1. The van der Waals surface area contributed by atoms with Crippen LogP contribution in [0.3, 0.4) is 0 Å². The van der Waals surface area contributed by atoms with Crippen molar-refractivity contribution in [3.63, 3.8) is 0 Å². The third-order valence-corrected chi connectivity index (χ3v) is 4.35. The van der Waals surface area contributed by atoms with E-state index in [1.807, 2.05) is 6.92 Å². The lowest BCUT2D eigenvalue weighted by Crippen LogP contribution is -2.47. The van der Waals surface area contributed by atoms with E-state index < -0.39 is 22.0 Å². The fourth-order valence-corrected chi connectivity index (χ4v) is 3.19. The lowest BCUT2D eigenvalue weighted by molar-refractivity contribution is -0.119. The lowest BCUT2D eigenvalue weighted by Gasteiger charge is -2.29. The minimum Gasteiger partial charge on any atom is -0.368 e. The quantitative estimate of drug-likeness (QED) is 0.898.